The molecule has 3 aliphatic rings. The molecule has 0 bridgehead atoms. The molecule has 0 saturated carbocycles. The normalized spacial score (nSPS) is 21.1. The van der Waals surface area contributed by atoms with Crippen LogP contribution in [0.3, 0.4) is 0 Å². The Kier molecular flexibility index (Phi) is 6.40. The molecular weight excluding hydrogens is 538 g/mol. The van der Waals surface area contributed by atoms with E-state index >= 15 is 0 Å². The Labute approximate surface area is 242 Å². The molecule has 0 unspecified atom stereocenters. The van der Waals surface area contributed by atoms with E-state index in [1.54, 1.807) is 59.5 Å². The van der Waals surface area contributed by atoms with Gasteiger partial charge in [0, 0.05) is 29.5 Å². The molecular formula is C33H29NO8. The van der Waals surface area contributed by atoms with Gasteiger partial charge in [0.05, 0.1) is 39.1 Å². The van der Waals surface area contributed by atoms with Crippen molar-refractivity contribution in [1.29, 1.82) is 0 Å². The van der Waals surface area contributed by atoms with Gasteiger partial charge in [0.15, 0.2) is 34.6 Å². The molecule has 0 N–H and O–H groups in total. The van der Waals surface area contributed by atoms with Crippen molar-refractivity contribution in [3.05, 3.63) is 82.9 Å². The Morgan fingerprint density at radius 2 is 1.43 bits per heavy atom. The summed E-state index contributed by atoms with van der Waals surface area (Å²) in [6.45, 7) is 2.73. The summed E-state index contributed by atoms with van der Waals surface area (Å²) in [6, 6.07) is 13.5. The smallest absolute Gasteiger partial charge is 0.308 e. The van der Waals surface area contributed by atoms with Crippen LogP contribution >= 0.6 is 0 Å². The van der Waals surface area contributed by atoms with E-state index in [2.05, 4.69) is 0 Å². The standard InChI is InChI=1S/C33H29NO8/c1-17(35)28-27(20-15-24(39-3)30(41-5)25(16-20)40-4)33(31(37)21-10-6-7-11-22(21)32(33)38)26-14-13-19-9-8-12-23(42-18(2)36)29(19)34(26)28/h6-16,26-28H,1-5H3/t26-,27+,28+/m0/s1. The van der Waals surface area contributed by atoms with Gasteiger partial charge in [-0.15, -0.1) is 0 Å². The SMILES string of the molecule is COc1cc([C@@H]2[C@@H](C(C)=O)N3c4c(cccc4OC(C)=O)C=C[C@H]3C23C(=O)c2ccccc2C3=O)cc(OC)c1OC. The number of esters is 1. The van der Waals surface area contributed by atoms with Crippen LogP contribution in [0.1, 0.15) is 51.6 Å². The van der Waals surface area contributed by atoms with E-state index in [4.69, 9.17) is 18.9 Å². The fraction of sp³-hybridized carbons (Fsp3) is 0.273. The number of carbonyl (C=O) groups excluding carboxylic acids is 4. The molecule has 1 saturated heterocycles. The number of rotatable bonds is 6. The zero-order valence-electron chi connectivity index (χ0n) is 23.8. The zero-order valence-corrected chi connectivity index (χ0v) is 23.8. The summed E-state index contributed by atoms with van der Waals surface area (Å²) in [5.41, 5.74) is 0.530. The van der Waals surface area contributed by atoms with Crippen LogP contribution in [0, 0.1) is 5.41 Å². The summed E-state index contributed by atoms with van der Waals surface area (Å²) in [6.07, 6.45) is 3.61. The van der Waals surface area contributed by atoms with Crippen molar-refractivity contribution >= 4 is 35.1 Å². The maximum atomic E-state index is 14.7. The van der Waals surface area contributed by atoms with E-state index in [0.29, 0.717) is 45.2 Å². The van der Waals surface area contributed by atoms with E-state index in [-0.39, 0.29) is 23.1 Å². The summed E-state index contributed by atoms with van der Waals surface area (Å²) < 4.78 is 22.4. The third kappa shape index (κ3) is 3.55. The summed E-state index contributed by atoms with van der Waals surface area (Å²) in [4.78, 5) is 57.1. The Morgan fingerprint density at radius 3 is 1.95 bits per heavy atom. The maximum absolute atomic E-state index is 14.7. The summed E-state index contributed by atoms with van der Waals surface area (Å²) in [5, 5.41) is 0. The molecule has 2 heterocycles. The Bertz CT molecular complexity index is 1650. The number of hydrogen-bond donors (Lipinski definition) is 0. The lowest BCUT2D eigenvalue weighted by Crippen LogP contribution is -2.48. The number of para-hydroxylation sites is 1. The number of fused-ring (bicyclic) bond motifs is 5. The van der Waals surface area contributed by atoms with Crippen molar-refractivity contribution in [3.8, 4) is 23.0 Å². The number of hydrogen-bond acceptors (Lipinski definition) is 9. The number of ether oxygens (including phenoxy) is 4. The van der Waals surface area contributed by atoms with Gasteiger partial charge in [0.1, 0.15) is 5.41 Å². The highest BCUT2D eigenvalue weighted by molar-refractivity contribution is 6.32. The van der Waals surface area contributed by atoms with Crippen molar-refractivity contribution in [3.63, 3.8) is 0 Å². The molecule has 0 aromatic heterocycles. The van der Waals surface area contributed by atoms with Gasteiger partial charge in [-0.2, -0.15) is 0 Å². The second kappa shape index (κ2) is 9.87. The predicted octanol–water partition coefficient (Wildman–Crippen LogP) is 4.66. The molecule has 3 atom stereocenters. The lowest BCUT2D eigenvalue weighted by molar-refractivity contribution is -0.131. The minimum absolute atomic E-state index is 0.233. The van der Waals surface area contributed by atoms with Crippen molar-refractivity contribution in [2.75, 3.05) is 26.2 Å². The van der Waals surface area contributed by atoms with Gasteiger partial charge in [-0.3, -0.25) is 19.2 Å². The van der Waals surface area contributed by atoms with Crippen molar-refractivity contribution in [1.82, 2.24) is 0 Å². The average Bonchev–Trinajstić information content (AvgIpc) is 3.42. The fourth-order valence-electron chi connectivity index (χ4n) is 7.03. The highest BCUT2D eigenvalue weighted by Crippen LogP contribution is 2.62. The van der Waals surface area contributed by atoms with Crippen LogP contribution in [0.15, 0.2) is 60.7 Å². The molecule has 6 rings (SSSR count). The van der Waals surface area contributed by atoms with E-state index in [0.717, 1.165) is 0 Å². The molecule has 1 aliphatic carbocycles. The number of carbonyl (C=O) groups is 4. The highest BCUT2D eigenvalue weighted by Gasteiger charge is 2.71. The molecule has 42 heavy (non-hydrogen) atoms. The number of ketones is 3. The van der Waals surface area contributed by atoms with Crippen LogP contribution in [-0.2, 0) is 9.59 Å². The van der Waals surface area contributed by atoms with E-state index < -0.39 is 29.4 Å². The molecule has 9 heteroatoms. The van der Waals surface area contributed by atoms with Crippen LogP contribution in [0.5, 0.6) is 23.0 Å². The molecule has 1 spiro atoms. The minimum atomic E-state index is -1.72. The topological polar surface area (TPSA) is 108 Å². The van der Waals surface area contributed by atoms with Crippen molar-refractivity contribution in [2.45, 2.75) is 31.8 Å². The summed E-state index contributed by atoms with van der Waals surface area (Å²) in [5.74, 6) is -1.32. The first-order valence-corrected chi connectivity index (χ1v) is 13.5. The van der Waals surface area contributed by atoms with Crippen molar-refractivity contribution in [2.24, 2.45) is 5.41 Å². The Balaban J connectivity index is 1.70. The predicted molar refractivity (Wildman–Crippen MR) is 154 cm³/mol. The molecule has 9 nitrogen and oxygen atoms in total. The molecule has 3 aromatic rings. The van der Waals surface area contributed by atoms with Crippen LogP contribution in [-0.4, -0.2) is 56.7 Å². The molecule has 3 aromatic carbocycles. The molecule has 0 radical (unpaired) electrons. The van der Waals surface area contributed by atoms with Crippen LogP contribution in [0.25, 0.3) is 6.08 Å². The minimum Gasteiger partial charge on any atom is -0.493 e. The largest absolute Gasteiger partial charge is 0.493 e. The highest BCUT2D eigenvalue weighted by atomic mass is 16.5. The quantitative estimate of drug-likeness (QED) is 0.239. The van der Waals surface area contributed by atoms with Crippen LogP contribution in [0.2, 0.25) is 0 Å². The van der Waals surface area contributed by atoms with Gasteiger partial charge < -0.3 is 23.8 Å². The number of Topliss-reactive ketones (excluding diaryl/α,β-unsaturated/α-hetero) is 3. The lowest BCUT2D eigenvalue weighted by atomic mass is 9.64. The van der Waals surface area contributed by atoms with Gasteiger partial charge >= 0.3 is 5.97 Å². The maximum Gasteiger partial charge on any atom is 0.308 e. The van der Waals surface area contributed by atoms with Gasteiger partial charge in [-0.1, -0.05) is 48.6 Å². The number of anilines is 1. The summed E-state index contributed by atoms with van der Waals surface area (Å²) in [7, 11) is 4.43. The Morgan fingerprint density at radius 1 is 0.810 bits per heavy atom. The Hall–Kier alpha value is -4.92. The third-order valence-electron chi connectivity index (χ3n) is 8.50. The van der Waals surface area contributed by atoms with E-state index in [1.807, 2.05) is 12.1 Å². The van der Waals surface area contributed by atoms with Gasteiger partial charge in [-0.25, -0.2) is 0 Å². The first-order valence-electron chi connectivity index (χ1n) is 13.5. The van der Waals surface area contributed by atoms with Gasteiger partial charge in [0.25, 0.3) is 0 Å². The molecule has 0 amide bonds. The monoisotopic (exact) mass is 567 g/mol. The van der Waals surface area contributed by atoms with Gasteiger partial charge in [-0.05, 0) is 30.7 Å². The molecule has 214 valence electrons. The van der Waals surface area contributed by atoms with Crippen molar-refractivity contribution < 1.29 is 38.1 Å². The van der Waals surface area contributed by atoms with E-state index in [1.165, 1.54) is 35.2 Å². The first kappa shape index (κ1) is 27.3. The van der Waals surface area contributed by atoms with Gasteiger partial charge in [0.2, 0.25) is 5.75 Å². The third-order valence-corrected chi connectivity index (χ3v) is 8.50. The number of benzene rings is 3. The van der Waals surface area contributed by atoms with Crippen LogP contribution in [0.4, 0.5) is 5.69 Å². The molecule has 1 fully saturated rings. The fourth-order valence-corrected chi connectivity index (χ4v) is 7.03. The average molecular weight is 568 g/mol. The second-order valence-corrected chi connectivity index (χ2v) is 10.6. The van der Waals surface area contributed by atoms with E-state index in [9.17, 15) is 19.2 Å². The molecule has 2 aliphatic heterocycles. The zero-order chi connectivity index (χ0) is 29.9. The number of nitrogens with zero attached hydrogens (tertiary/aromatic N) is 1. The second-order valence-electron chi connectivity index (χ2n) is 10.6. The van der Waals surface area contributed by atoms with Crippen LogP contribution < -0.4 is 23.8 Å². The number of methoxy groups -OCH3 is 3. The summed E-state index contributed by atoms with van der Waals surface area (Å²) >= 11 is 0. The first-order chi connectivity index (χ1) is 20.2. The lowest BCUT2D eigenvalue weighted by Gasteiger charge is -2.37.